The second-order valence-electron chi connectivity index (χ2n) is 5.65. The van der Waals surface area contributed by atoms with Crippen molar-refractivity contribution in [2.45, 2.75) is 18.3 Å². The molecule has 2 aliphatic rings. The van der Waals surface area contributed by atoms with E-state index in [-0.39, 0.29) is 0 Å². The van der Waals surface area contributed by atoms with E-state index in [0.717, 1.165) is 23.7 Å². The number of anilines is 4. The standard InChI is InChI=1S/C15H17N5/c16-12-3-1-2-4-13(12)20(17)10-7-11-14(18-8-10)19-9-15(11)5-6-15/h1-4,7-8H,5-6,9,16-17H2,(H,18,19). The minimum absolute atomic E-state index is 0.307. The summed E-state index contributed by atoms with van der Waals surface area (Å²) in [5.74, 6) is 7.21. The smallest absolute Gasteiger partial charge is 0.129 e. The average Bonchev–Trinajstić information content (AvgIpc) is 3.17. The summed E-state index contributed by atoms with van der Waals surface area (Å²) in [7, 11) is 0. The topological polar surface area (TPSA) is 80.2 Å². The van der Waals surface area contributed by atoms with Crippen LogP contribution in [0.4, 0.5) is 22.9 Å². The van der Waals surface area contributed by atoms with Crippen molar-refractivity contribution in [3.05, 3.63) is 42.1 Å². The fraction of sp³-hybridized carbons (Fsp3) is 0.267. The Morgan fingerprint density at radius 1 is 1.25 bits per heavy atom. The molecular formula is C15H17N5. The van der Waals surface area contributed by atoms with Gasteiger partial charge in [-0.05, 0) is 31.0 Å². The molecule has 4 rings (SSSR count). The van der Waals surface area contributed by atoms with Crippen molar-refractivity contribution in [3.8, 4) is 0 Å². The second kappa shape index (κ2) is 3.86. The molecule has 102 valence electrons. The van der Waals surface area contributed by atoms with Crippen LogP contribution < -0.4 is 21.9 Å². The second-order valence-corrected chi connectivity index (χ2v) is 5.65. The lowest BCUT2D eigenvalue weighted by Gasteiger charge is -2.21. The molecule has 1 aromatic carbocycles. The van der Waals surface area contributed by atoms with Crippen LogP contribution >= 0.6 is 0 Å². The highest BCUT2D eigenvalue weighted by Crippen LogP contribution is 2.54. The van der Waals surface area contributed by atoms with Gasteiger partial charge in [-0.1, -0.05) is 12.1 Å². The Labute approximate surface area is 117 Å². The molecule has 1 fully saturated rings. The molecule has 0 radical (unpaired) electrons. The van der Waals surface area contributed by atoms with Gasteiger partial charge in [0.25, 0.3) is 0 Å². The van der Waals surface area contributed by atoms with Crippen molar-refractivity contribution in [1.29, 1.82) is 0 Å². The van der Waals surface area contributed by atoms with E-state index < -0.39 is 0 Å². The Kier molecular flexibility index (Phi) is 2.23. The minimum Gasteiger partial charge on any atom is -0.397 e. The van der Waals surface area contributed by atoms with E-state index in [1.807, 2.05) is 24.3 Å². The highest BCUT2D eigenvalue weighted by Gasteiger charge is 2.49. The maximum absolute atomic E-state index is 6.21. The summed E-state index contributed by atoms with van der Waals surface area (Å²) >= 11 is 0. The highest BCUT2D eigenvalue weighted by molar-refractivity contribution is 5.75. The van der Waals surface area contributed by atoms with Crippen LogP contribution in [0.1, 0.15) is 18.4 Å². The number of nitrogens with two attached hydrogens (primary N) is 2. The summed E-state index contributed by atoms with van der Waals surface area (Å²) in [5.41, 5.74) is 9.91. The molecule has 0 amide bonds. The Morgan fingerprint density at radius 2 is 2.05 bits per heavy atom. The zero-order valence-electron chi connectivity index (χ0n) is 11.1. The predicted molar refractivity (Wildman–Crippen MR) is 80.8 cm³/mol. The fourth-order valence-corrected chi connectivity index (χ4v) is 2.92. The third-order valence-corrected chi connectivity index (χ3v) is 4.37. The van der Waals surface area contributed by atoms with Crippen LogP contribution in [0.3, 0.4) is 0 Å². The maximum Gasteiger partial charge on any atom is 0.129 e. The quantitative estimate of drug-likeness (QED) is 0.441. The molecule has 5 nitrogen and oxygen atoms in total. The van der Waals surface area contributed by atoms with Gasteiger partial charge in [0.05, 0.1) is 23.3 Å². The molecule has 2 heterocycles. The van der Waals surface area contributed by atoms with Crippen molar-refractivity contribution >= 4 is 22.9 Å². The molecule has 0 saturated heterocycles. The number of hydrogen-bond donors (Lipinski definition) is 3. The SMILES string of the molecule is Nc1ccccc1N(N)c1cnc2c(c1)C1(CC1)CN2. The Balaban J connectivity index is 1.75. The fourth-order valence-electron chi connectivity index (χ4n) is 2.92. The summed E-state index contributed by atoms with van der Waals surface area (Å²) in [6.45, 7) is 0.997. The van der Waals surface area contributed by atoms with Gasteiger partial charge in [0.2, 0.25) is 0 Å². The molecule has 1 aromatic heterocycles. The van der Waals surface area contributed by atoms with Gasteiger partial charge in [-0.2, -0.15) is 0 Å². The van der Waals surface area contributed by atoms with Crippen LogP contribution in [0.2, 0.25) is 0 Å². The van der Waals surface area contributed by atoms with E-state index in [4.69, 9.17) is 11.6 Å². The number of pyridine rings is 1. The van der Waals surface area contributed by atoms with Gasteiger partial charge in [-0.15, -0.1) is 0 Å². The summed E-state index contributed by atoms with van der Waals surface area (Å²) < 4.78 is 0. The number of nitrogens with one attached hydrogen (secondary N) is 1. The summed E-state index contributed by atoms with van der Waals surface area (Å²) in [5, 5.41) is 4.98. The van der Waals surface area contributed by atoms with Gasteiger partial charge in [-0.3, -0.25) is 5.01 Å². The molecule has 1 aliphatic heterocycles. The van der Waals surface area contributed by atoms with Gasteiger partial charge in [0.15, 0.2) is 0 Å². The zero-order valence-corrected chi connectivity index (χ0v) is 11.1. The third-order valence-electron chi connectivity index (χ3n) is 4.37. The lowest BCUT2D eigenvalue weighted by atomic mass is 10.00. The van der Waals surface area contributed by atoms with Crippen LogP contribution in [0, 0.1) is 0 Å². The number of aromatic nitrogens is 1. The summed E-state index contributed by atoms with van der Waals surface area (Å²) in [6, 6.07) is 9.72. The van der Waals surface area contributed by atoms with Gasteiger partial charge >= 0.3 is 0 Å². The monoisotopic (exact) mass is 267 g/mol. The number of hydrazine groups is 1. The summed E-state index contributed by atoms with van der Waals surface area (Å²) in [6.07, 6.45) is 4.26. The number of benzene rings is 1. The lowest BCUT2D eigenvalue weighted by Crippen LogP contribution is -2.26. The average molecular weight is 267 g/mol. The van der Waals surface area contributed by atoms with Gasteiger partial charge in [0, 0.05) is 17.5 Å². The van der Waals surface area contributed by atoms with Crippen molar-refractivity contribution in [2.24, 2.45) is 5.84 Å². The molecule has 0 atom stereocenters. The van der Waals surface area contributed by atoms with E-state index in [0.29, 0.717) is 11.1 Å². The van der Waals surface area contributed by atoms with Crippen LogP contribution in [-0.4, -0.2) is 11.5 Å². The number of rotatable bonds is 2. The van der Waals surface area contributed by atoms with Gasteiger partial charge in [0.1, 0.15) is 5.82 Å². The number of hydrogen-bond acceptors (Lipinski definition) is 5. The molecule has 1 saturated carbocycles. The number of fused-ring (bicyclic) bond motifs is 2. The Hall–Kier alpha value is -2.27. The van der Waals surface area contributed by atoms with E-state index >= 15 is 0 Å². The number of para-hydroxylation sites is 2. The van der Waals surface area contributed by atoms with Crippen LogP contribution in [0.5, 0.6) is 0 Å². The summed E-state index contributed by atoms with van der Waals surface area (Å²) in [4.78, 5) is 4.50. The van der Waals surface area contributed by atoms with Crippen LogP contribution in [0.25, 0.3) is 0 Å². The molecule has 0 unspecified atom stereocenters. The normalized spacial score (nSPS) is 17.6. The largest absolute Gasteiger partial charge is 0.397 e. The molecule has 1 spiro atoms. The predicted octanol–water partition coefficient (Wildman–Crippen LogP) is 2.13. The molecule has 5 heteroatoms. The first kappa shape index (κ1) is 11.5. The number of nitrogens with zero attached hydrogens (tertiary/aromatic N) is 2. The van der Waals surface area contributed by atoms with Crippen LogP contribution in [0.15, 0.2) is 36.5 Å². The van der Waals surface area contributed by atoms with Crippen LogP contribution in [-0.2, 0) is 5.41 Å². The van der Waals surface area contributed by atoms with Gasteiger partial charge < -0.3 is 11.1 Å². The van der Waals surface area contributed by atoms with Crippen molar-refractivity contribution in [2.75, 3.05) is 22.6 Å². The van der Waals surface area contributed by atoms with E-state index in [1.165, 1.54) is 18.4 Å². The first-order valence-electron chi connectivity index (χ1n) is 6.83. The molecule has 0 bridgehead atoms. The van der Waals surface area contributed by atoms with Crippen molar-refractivity contribution in [3.63, 3.8) is 0 Å². The first-order valence-corrected chi connectivity index (χ1v) is 6.83. The highest BCUT2D eigenvalue weighted by atomic mass is 15.4. The molecule has 2 aromatic rings. The number of nitrogen functional groups attached to an aromatic ring is 1. The molecular weight excluding hydrogens is 250 g/mol. The third kappa shape index (κ3) is 1.56. The lowest BCUT2D eigenvalue weighted by molar-refractivity contribution is 0.777. The van der Waals surface area contributed by atoms with Gasteiger partial charge in [-0.25, -0.2) is 10.8 Å². The Morgan fingerprint density at radius 3 is 2.80 bits per heavy atom. The van der Waals surface area contributed by atoms with Crippen molar-refractivity contribution < 1.29 is 0 Å². The Bertz CT molecular complexity index is 678. The molecule has 20 heavy (non-hydrogen) atoms. The minimum atomic E-state index is 0.307. The van der Waals surface area contributed by atoms with E-state index in [2.05, 4.69) is 16.4 Å². The molecule has 1 aliphatic carbocycles. The van der Waals surface area contributed by atoms with E-state index in [9.17, 15) is 0 Å². The maximum atomic E-state index is 6.21. The first-order chi connectivity index (χ1) is 9.70. The van der Waals surface area contributed by atoms with Crippen molar-refractivity contribution in [1.82, 2.24) is 4.98 Å². The van der Waals surface area contributed by atoms with E-state index in [1.54, 1.807) is 11.2 Å². The molecule has 5 N–H and O–H groups in total. The zero-order chi connectivity index (χ0) is 13.7.